The average molecular weight is 305 g/mol. The van der Waals surface area contributed by atoms with E-state index < -0.39 is 0 Å². The quantitative estimate of drug-likeness (QED) is 0.839. The maximum Gasteiger partial charge on any atom is 0.126 e. The second-order valence-corrected chi connectivity index (χ2v) is 6.09. The highest BCUT2D eigenvalue weighted by molar-refractivity contribution is 7.99. The van der Waals surface area contributed by atoms with Gasteiger partial charge in [-0.2, -0.15) is 0 Å². The van der Waals surface area contributed by atoms with Gasteiger partial charge in [-0.25, -0.2) is 4.39 Å². The molecule has 0 amide bonds. The zero-order valence-corrected chi connectivity index (χ0v) is 13.3. The molecular formula is C17H20FNOS. The molecule has 2 aromatic carbocycles. The summed E-state index contributed by atoms with van der Waals surface area (Å²) in [6, 6.07) is 10.4. The molecule has 2 rings (SSSR count). The number of rotatable bonds is 5. The lowest BCUT2D eigenvalue weighted by atomic mass is 10.0. The monoisotopic (exact) mass is 305 g/mol. The second kappa shape index (κ2) is 6.96. The van der Waals surface area contributed by atoms with Gasteiger partial charge in [-0.05, 0) is 49.2 Å². The first-order valence-electron chi connectivity index (χ1n) is 6.81. The van der Waals surface area contributed by atoms with Gasteiger partial charge in [0.05, 0.1) is 7.11 Å². The number of thioether (sulfide) groups is 1. The number of aryl methyl sites for hydroxylation is 1. The summed E-state index contributed by atoms with van der Waals surface area (Å²) in [5.41, 5.74) is 9.61. The standard InChI is InChI=1S/C17H20FNOS/c1-11-4-9-15(17(20-3)12(11)2)16(19)10-21-14-7-5-13(18)6-8-14/h4-9,16H,10,19H2,1-3H3. The molecule has 0 bridgehead atoms. The predicted octanol–water partition coefficient (Wildman–Crippen LogP) is 4.24. The Morgan fingerprint density at radius 3 is 2.43 bits per heavy atom. The van der Waals surface area contributed by atoms with Gasteiger partial charge >= 0.3 is 0 Å². The largest absolute Gasteiger partial charge is 0.496 e. The van der Waals surface area contributed by atoms with Crippen molar-refractivity contribution in [2.75, 3.05) is 12.9 Å². The minimum Gasteiger partial charge on any atom is -0.496 e. The van der Waals surface area contributed by atoms with Crippen molar-refractivity contribution in [3.05, 3.63) is 58.9 Å². The molecule has 21 heavy (non-hydrogen) atoms. The molecule has 2 nitrogen and oxygen atoms in total. The topological polar surface area (TPSA) is 35.2 Å². The Morgan fingerprint density at radius 1 is 1.14 bits per heavy atom. The number of hydrogen-bond acceptors (Lipinski definition) is 3. The van der Waals surface area contributed by atoms with Crippen LogP contribution in [0.2, 0.25) is 0 Å². The van der Waals surface area contributed by atoms with E-state index in [2.05, 4.69) is 13.0 Å². The van der Waals surface area contributed by atoms with Gasteiger partial charge in [-0.15, -0.1) is 11.8 Å². The Morgan fingerprint density at radius 2 is 1.81 bits per heavy atom. The fourth-order valence-electron chi connectivity index (χ4n) is 2.18. The Kier molecular flexibility index (Phi) is 5.26. The van der Waals surface area contributed by atoms with Gasteiger partial charge < -0.3 is 10.5 Å². The Balaban J connectivity index is 2.11. The van der Waals surface area contributed by atoms with E-state index in [1.54, 1.807) is 31.0 Å². The Labute approximate surface area is 129 Å². The molecule has 0 spiro atoms. The van der Waals surface area contributed by atoms with Crippen LogP contribution >= 0.6 is 11.8 Å². The lowest BCUT2D eigenvalue weighted by Crippen LogP contribution is -2.15. The minimum atomic E-state index is -0.223. The molecule has 0 saturated heterocycles. The van der Waals surface area contributed by atoms with E-state index >= 15 is 0 Å². The molecule has 4 heteroatoms. The van der Waals surface area contributed by atoms with Crippen molar-refractivity contribution in [3.63, 3.8) is 0 Å². The first-order valence-corrected chi connectivity index (χ1v) is 7.79. The van der Waals surface area contributed by atoms with Crippen LogP contribution in [0, 0.1) is 19.7 Å². The van der Waals surface area contributed by atoms with Crippen LogP contribution in [0.1, 0.15) is 22.7 Å². The highest BCUT2D eigenvalue weighted by atomic mass is 32.2. The van der Waals surface area contributed by atoms with Crippen LogP contribution in [0.25, 0.3) is 0 Å². The van der Waals surface area contributed by atoms with E-state index in [-0.39, 0.29) is 11.9 Å². The molecule has 0 aliphatic rings. The van der Waals surface area contributed by atoms with E-state index in [1.165, 1.54) is 17.7 Å². The lowest BCUT2D eigenvalue weighted by Gasteiger charge is -2.18. The maximum atomic E-state index is 12.9. The van der Waals surface area contributed by atoms with Crippen LogP contribution in [-0.2, 0) is 0 Å². The third-order valence-corrected chi connectivity index (χ3v) is 4.69. The van der Waals surface area contributed by atoms with Crippen molar-refractivity contribution in [3.8, 4) is 5.75 Å². The van der Waals surface area contributed by atoms with Gasteiger partial charge in [0.2, 0.25) is 0 Å². The van der Waals surface area contributed by atoms with Crippen molar-refractivity contribution >= 4 is 11.8 Å². The zero-order chi connectivity index (χ0) is 15.4. The summed E-state index contributed by atoms with van der Waals surface area (Å²) >= 11 is 1.61. The highest BCUT2D eigenvalue weighted by Gasteiger charge is 2.15. The molecule has 0 saturated carbocycles. The van der Waals surface area contributed by atoms with Crippen LogP contribution in [0.15, 0.2) is 41.3 Å². The van der Waals surface area contributed by atoms with Crippen molar-refractivity contribution in [2.45, 2.75) is 24.8 Å². The van der Waals surface area contributed by atoms with E-state index in [0.717, 1.165) is 21.8 Å². The summed E-state index contributed by atoms with van der Waals surface area (Å²) in [6.45, 7) is 4.10. The van der Waals surface area contributed by atoms with Crippen molar-refractivity contribution in [1.29, 1.82) is 0 Å². The third kappa shape index (κ3) is 3.77. The van der Waals surface area contributed by atoms with E-state index in [9.17, 15) is 4.39 Å². The maximum absolute atomic E-state index is 12.9. The van der Waals surface area contributed by atoms with Gasteiger partial charge in [-0.3, -0.25) is 0 Å². The summed E-state index contributed by atoms with van der Waals surface area (Å²) in [4.78, 5) is 1.01. The van der Waals surface area contributed by atoms with Crippen LogP contribution in [0.5, 0.6) is 5.75 Å². The number of halogens is 1. The highest BCUT2D eigenvalue weighted by Crippen LogP contribution is 2.32. The summed E-state index contributed by atoms with van der Waals surface area (Å²) in [5.74, 6) is 1.35. The molecule has 1 unspecified atom stereocenters. The van der Waals surface area contributed by atoms with Crippen molar-refractivity contribution in [2.24, 2.45) is 5.73 Å². The normalized spacial score (nSPS) is 12.2. The molecule has 0 heterocycles. The molecule has 0 aliphatic carbocycles. The van der Waals surface area contributed by atoms with Crippen molar-refractivity contribution in [1.82, 2.24) is 0 Å². The fraction of sp³-hybridized carbons (Fsp3) is 0.294. The van der Waals surface area contributed by atoms with Gasteiger partial charge in [0.25, 0.3) is 0 Å². The Hall–Kier alpha value is -1.52. The van der Waals surface area contributed by atoms with E-state index in [1.807, 2.05) is 13.0 Å². The predicted molar refractivity (Wildman–Crippen MR) is 86.5 cm³/mol. The van der Waals surface area contributed by atoms with Gasteiger partial charge in [0.15, 0.2) is 0 Å². The molecular weight excluding hydrogens is 285 g/mol. The van der Waals surface area contributed by atoms with E-state index in [0.29, 0.717) is 5.75 Å². The molecule has 0 fully saturated rings. The van der Waals surface area contributed by atoms with Gasteiger partial charge in [0, 0.05) is 22.3 Å². The van der Waals surface area contributed by atoms with Crippen LogP contribution < -0.4 is 10.5 Å². The number of nitrogens with two attached hydrogens (primary N) is 1. The first kappa shape index (κ1) is 15.9. The molecule has 1 atom stereocenters. The third-order valence-electron chi connectivity index (χ3n) is 3.55. The lowest BCUT2D eigenvalue weighted by molar-refractivity contribution is 0.403. The first-order chi connectivity index (χ1) is 10.0. The number of benzene rings is 2. The van der Waals surface area contributed by atoms with Crippen LogP contribution in [0.3, 0.4) is 0 Å². The van der Waals surface area contributed by atoms with E-state index in [4.69, 9.17) is 10.5 Å². The summed E-state index contributed by atoms with van der Waals surface area (Å²) in [6.07, 6.45) is 0. The molecule has 0 aromatic heterocycles. The fourth-order valence-corrected chi connectivity index (χ4v) is 3.06. The van der Waals surface area contributed by atoms with Gasteiger partial charge in [0.1, 0.15) is 11.6 Å². The molecule has 2 N–H and O–H groups in total. The number of ether oxygens (including phenoxy) is 1. The Bertz CT molecular complexity index is 613. The SMILES string of the molecule is COc1c(C(N)CSc2ccc(F)cc2)ccc(C)c1C. The molecule has 0 radical (unpaired) electrons. The molecule has 0 aliphatic heterocycles. The zero-order valence-electron chi connectivity index (χ0n) is 12.5. The summed E-state index contributed by atoms with van der Waals surface area (Å²) < 4.78 is 18.4. The number of methoxy groups -OCH3 is 1. The van der Waals surface area contributed by atoms with Crippen LogP contribution in [0.4, 0.5) is 4.39 Å². The van der Waals surface area contributed by atoms with Gasteiger partial charge in [-0.1, -0.05) is 12.1 Å². The molecule has 2 aromatic rings. The summed E-state index contributed by atoms with van der Waals surface area (Å²) in [5, 5.41) is 0. The molecule has 112 valence electrons. The average Bonchev–Trinajstić information content (AvgIpc) is 2.49. The second-order valence-electron chi connectivity index (χ2n) is 5.00. The number of hydrogen-bond donors (Lipinski definition) is 1. The summed E-state index contributed by atoms with van der Waals surface area (Å²) in [7, 11) is 1.67. The minimum absolute atomic E-state index is 0.130. The van der Waals surface area contributed by atoms with Crippen LogP contribution in [-0.4, -0.2) is 12.9 Å². The van der Waals surface area contributed by atoms with Crippen molar-refractivity contribution < 1.29 is 9.13 Å². The smallest absolute Gasteiger partial charge is 0.126 e.